The van der Waals surface area contributed by atoms with E-state index in [1.807, 2.05) is 24.8 Å². The Morgan fingerprint density at radius 1 is 1.14 bits per heavy atom. The number of nitrogens with zero attached hydrogens (tertiary/aromatic N) is 2. The SMILES string of the molecule is C1=C(c2cncc3cnc4[nH]ccc4c23)C(C2CC2)NC1. The highest BCUT2D eigenvalue weighted by Gasteiger charge is 2.36. The highest BCUT2D eigenvalue weighted by molar-refractivity contribution is 6.10. The molecule has 0 amide bonds. The minimum Gasteiger partial charge on any atom is -0.346 e. The summed E-state index contributed by atoms with van der Waals surface area (Å²) in [5.41, 5.74) is 3.63. The van der Waals surface area contributed by atoms with E-state index < -0.39 is 0 Å². The van der Waals surface area contributed by atoms with Gasteiger partial charge in [0.15, 0.2) is 0 Å². The normalized spacial score (nSPS) is 22.1. The lowest BCUT2D eigenvalue weighted by molar-refractivity contribution is 0.611. The summed E-state index contributed by atoms with van der Waals surface area (Å²) in [5, 5.41) is 7.20. The molecule has 3 aromatic heterocycles. The van der Waals surface area contributed by atoms with E-state index >= 15 is 0 Å². The molecule has 1 unspecified atom stereocenters. The summed E-state index contributed by atoms with van der Waals surface area (Å²) in [6, 6.07) is 2.61. The van der Waals surface area contributed by atoms with Gasteiger partial charge in [-0.1, -0.05) is 6.08 Å². The number of rotatable bonds is 2. The summed E-state index contributed by atoms with van der Waals surface area (Å²) < 4.78 is 0. The van der Waals surface area contributed by atoms with Gasteiger partial charge < -0.3 is 10.3 Å². The van der Waals surface area contributed by atoms with E-state index in [9.17, 15) is 0 Å². The minimum atomic E-state index is 0.500. The van der Waals surface area contributed by atoms with Gasteiger partial charge in [-0.2, -0.15) is 0 Å². The van der Waals surface area contributed by atoms with Crippen molar-refractivity contribution in [1.82, 2.24) is 20.3 Å². The Morgan fingerprint density at radius 3 is 3.00 bits per heavy atom. The first-order chi connectivity index (χ1) is 10.4. The topological polar surface area (TPSA) is 53.6 Å². The van der Waals surface area contributed by atoms with Crippen molar-refractivity contribution in [3.8, 4) is 0 Å². The Bertz CT molecular complexity index is 873. The molecule has 1 atom stereocenters. The van der Waals surface area contributed by atoms with E-state index in [0.717, 1.165) is 23.5 Å². The molecule has 0 aromatic carbocycles. The zero-order chi connectivity index (χ0) is 13.8. The third-order valence-corrected chi connectivity index (χ3v) is 4.70. The van der Waals surface area contributed by atoms with E-state index in [1.54, 1.807) is 0 Å². The Kier molecular flexibility index (Phi) is 2.26. The molecule has 0 saturated heterocycles. The Labute approximate surface area is 122 Å². The Morgan fingerprint density at radius 2 is 2.10 bits per heavy atom. The summed E-state index contributed by atoms with van der Waals surface area (Å²) in [4.78, 5) is 12.1. The number of hydrogen-bond donors (Lipinski definition) is 2. The van der Waals surface area contributed by atoms with E-state index in [1.165, 1.54) is 34.8 Å². The summed E-state index contributed by atoms with van der Waals surface area (Å²) >= 11 is 0. The molecule has 4 heterocycles. The second kappa shape index (κ2) is 4.15. The van der Waals surface area contributed by atoms with Gasteiger partial charge in [-0.15, -0.1) is 0 Å². The summed E-state index contributed by atoms with van der Waals surface area (Å²) in [6.45, 7) is 0.967. The third kappa shape index (κ3) is 1.66. The molecular weight excluding hydrogens is 260 g/mol. The minimum absolute atomic E-state index is 0.500. The number of nitrogens with one attached hydrogen (secondary N) is 2. The van der Waals surface area contributed by atoms with Crippen LogP contribution in [0.1, 0.15) is 18.4 Å². The predicted octanol–water partition coefficient (Wildman–Crippen LogP) is 2.88. The zero-order valence-corrected chi connectivity index (χ0v) is 11.6. The molecule has 4 nitrogen and oxygen atoms in total. The van der Waals surface area contributed by atoms with Crippen LogP contribution in [0.4, 0.5) is 0 Å². The van der Waals surface area contributed by atoms with Gasteiger partial charge in [-0.25, -0.2) is 4.98 Å². The molecule has 21 heavy (non-hydrogen) atoms. The van der Waals surface area contributed by atoms with Crippen molar-refractivity contribution in [1.29, 1.82) is 0 Å². The molecule has 1 saturated carbocycles. The lowest BCUT2D eigenvalue weighted by Gasteiger charge is -2.16. The molecule has 3 aromatic rings. The maximum absolute atomic E-state index is 4.47. The third-order valence-electron chi connectivity index (χ3n) is 4.70. The molecule has 1 aliphatic carbocycles. The first-order valence-corrected chi connectivity index (χ1v) is 7.55. The maximum atomic E-state index is 4.47. The number of H-pyrrole nitrogens is 1. The molecule has 0 bridgehead atoms. The van der Waals surface area contributed by atoms with Crippen LogP contribution < -0.4 is 5.32 Å². The quantitative estimate of drug-likeness (QED) is 0.756. The highest BCUT2D eigenvalue weighted by Crippen LogP contribution is 2.42. The van der Waals surface area contributed by atoms with Crippen molar-refractivity contribution in [2.24, 2.45) is 5.92 Å². The van der Waals surface area contributed by atoms with Crippen molar-refractivity contribution in [3.63, 3.8) is 0 Å². The molecule has 104 valence electrons. The van der Waals surface area contributed by atoms with Crippen LogP contribution in [-0.4, -0.2) is 27.5 Å². The van der Waals surface area contributed by atoms with Crippen molar-refractivity contribution >= 4 is 27.4 Å². The van der Waals surface area contributed by atoms with Crippen LogP contribution >= 0.6 is 0 Å². The highest BCUT2D eigenvalue weighted by atomic mass is 14.9. The second-order valence-corrected chi connectivity index (χ2v) is 6.03. The van der Waals surface area contributed by atoms with Crippen LogP contribution in [0, 0.1) is 5.92 Å². The number of pyridine rings is 2. The molecule has 2 aliphatic rings. The van der Waals surface area contributed by atoms with Crippen molar-refractivity contribution in [3.05, 3.63) is 42.5 Å². The molecule has 1 fully saturated rings. The number of hydrogen-bond acceptors (Lipinski definition) is 3. The first-order valence-electron chi connectivity index (χ1n) is 7.55. The standard InChI is InChI=1S/C17H16N4/c1-2-10(1)16-12(3-5-19-16)14-9-18-7-11-8-21-17-13(15(11)14)4-6-20-17/h3-4,6-10,16,19H,1-2,5H2,(H,20,21). The molecule has 1 aliphatic heterocycles. The summed E-state index contributed by atoms with van der Waals surface area (Å²) in [7, 11) is 0. The van der Waals surface area contributed by atoms with Crippen LogP contribution in [-0.2, 0) is 0 Å². The molecule has 0 spiro atoms. The fourth-order valence-electron chi connectivity index (χ4n) is 3.56. The largest absolute Gasteiger partial charge is 0.346 e. The van der Waals surface area contributed by atoms with Gasteiger partial charge in [0.2, 0.25) is 0 Å². The molecular formula is C17H16N4. The fourth-order valence-corrected chi connectivity index (χ4v) is 3.56. The van der Waals surface area contributed by atoms with Gasteiger partial charge in [-0.3, -0.25) is 4.98 Å². The van der Waals surface area contributed by atoms with E-state index in [4.69, 9.17) is 0 Å². The molecule has 2 N–H and O–H groups in total. The van der Waals surface area contributed by atoms with Gasteiger partial charge in [-0.05, 0) is 30.4 Å². The second-order valence-electron chi connectivity index (χ2n) is 6.03. The van der Waals surface area contributed by atoms with Gasteiger partial charge in [0.05, 0.1) is 0 Å². The van der Waals surface area contributed by atoms with Crippen LogP contribution in [0.5, 0.6) is 0 Å². The van der Waals surface area contributed by atoms with Gasteiger partial charge in [0.25, 0.3) is 0 Å². The van der Waals surface area contributed by atoms with Crippen LogP contribution in [0.3, 0.4) is 0 Å². The lowest BCUT2D eigenvalue weighted by atomic mass is 9.94. The van der Waals surface area contributed by atoms with Crippen LogP contribution in [0.15, 0.2) is 36.9 Å². The lowest BCUT2D eigenvalue weighted by Crippen LogP contribution is -2.26. The fraction of sp³-hybridized carbons (Fsp3) is 0.294. The molecule has 5 rings (SSSR count). The van der Waals surface area contributed by atoms with Gasteiger partial charge in [0, 0.05) is 59.1 Å². The number of aromatic amines is 1. The first kappa shape index (κ1) is 11.5. The smallest absolute Gasteiger partial charge is 0.137 e. The van der Waals surface area contributed by atoms with Crippen molar-refractivity contribution in [2.45, 2.75) is 18.9 Å². The molecule has 4 heteroatoms. The van der Waals surface area contributed by atoms with E-state index in [0.29, 0.717) is 6.04 Å². The van der Waals surface area contributed by atoms with E-state index in [-0.39, 0.29) is 0 Å². The van der Waals surface area contributed by atoms with Gasteiger partial charge in [0.1, 0.15) is 5.65 Å². The average molecular weight is 276 g/mol. The molecule has 0 radical (unpaired) electrons. The Balaban J connectivity index is 1.80. The average Bonchev–Trinajstić information content (AvgIpc) is 3.06. The van der Waals surface area contributed by atoms with Crippen molar-refractivity contribution in [2.75, 3.05) is 6.54 Å². The number of aromatic nitrogens is 3. The summed E-state index contributed by atoms with van der Waals surface area (Å²) in [6.07, 6.45) is 12.8. The monoisotopic (exact) mass is 276 g/mol. The zero-order valence-electron chi connectivity index (χ0n) is 11.6. The maximum Gasteiger partial charge on any atom is 0.137 e. The predicted molar refractivity (Wildman–Crippen MR) is 83.9 cm³/mol. The summed E-state index contributed by atoms with van der Waals surface area (Å²) in [5.74, 6) is 0.803. The van der Waals surface area contributed by atoms with E-state index in [2.05, 4.69) is 32.4 Å². The van der Waals surface area contributed by atoms with Gasteiger partial charge >= 0.3 is 0 Å². The van der Waals surface area contributed by atoms with Crippen LogP contribution in [0.25, 0.3) is 27.4 Å². The number of fused-ring (bicyclic) bond motifs is 3. The Hall–Kier alpha value is -2.20. The van der Waals surface area contributed by atoms with Crippen LogP contribution in [0.2, 0.25) is 0 Å². The van der Waals surface area contributed by atoms with Crippen molar-refractivity contribution < 1.29 is 0 Å².